The summed E-state index contributed by atoms with van der Waals surface area (Å²) in [6.45, 7) is 4.43. The van der Waals surface area contributed by atoms with Gasteiger partial charge in [-0.1, -0.05) is 26.3 Å². The molecular weight excluding hydrogens is 358 g/mol. The third-order valence-electron chi connectivity index (χ3n) is 4.33. The van der Waals surface area contributed by atoms with E-state index >= 15 is 0 Å². The lowest BCUT2D eigenvalue weighted by molar-refractivity contribution is 0.970. The van der Waals surface area contributed by atoms with Gasteiger partial charge in [-0.25, -0.2) is 9.97 Å². The average molecular weight is 380 g/mol. The highest BCUT2D eigenvalue weighted by Gasteiger charge is 2.11. The molecule has 1 N–H and O–H groups in total. The van der Waals surface area contributed by atoms with Gasteiger partial charge in [0.15, 0.2) is 0 Å². The summed E-state index contributed by atoms with van der Waals surface area (Å²) in [5.74, 6) is 0. The van der Waals surface area contributed by atoms with E-state index in [-0.39, 0.29) is 0 Å². The molecule has 0 saturated carbocycles. The number of fused-ring (bicyclic) bond motifs is 2. The highest BCUT2D eigenvalue weighted by atomic mass is 32.1. The van der Waals surface area contributed by atoms with Crippen LogP contribution in [0.2, 0.25) is 0 Å². The molecule has 132 valence electrons. The number of anilines is 2. The van der Waals surface area contributed by atoms with Crippen LogP contribution in [0.15, 0.2) is 48.1 Å². The Kier molecular flexibility index (Phi) is 5.00. The number of benzene rings is 1. The summed E-state index contributed by atoms with van der Waals surface area (Å²) in [5, 5.41) is 4.74. The van der Waals surface area contributed by atoms with E-state index in [1.807, 2.05) is 17.8 Å². The maximum absolute atomic E-state index is 4.59. The van der Waals surface area contributed by atoms with Crippen LogP contribution in [0.25, 0.3) is 26.0 Å². The number of pyridine rings is 1. The maximum atomic E-state index is 4.59. The number of nitrogens with one attached hydrogen (secondary N) is 1. The van der Waals surface area contributed by atoms with Crippen molar-refractivity contribution >= 4 is 60.1 Å². The van der Waals surface area contributed by atoms with Crippen molar-refractivity contribution in [1.29, 1.82) is 0 Å². The molecule has 0 bridgehead atoms. The second kappa shape index (κ2) is 7.56. The quantitative estimate of drug-likeness (QED) is 0.383. The molecule has 0 amide bonds. The van der Waals surface area contributed by atoms with E-state index in [0.29, 0.717) is 0 Å². The second-order valence-corrected chi connectivity index (χ2v) is 8.15. The van der Waals surface area contributed by atoms with Crippen LogP contribution in [0.5, 0.6) is 0 Å². The number of aromatic nitrogens is 2. The number of thiophene rings is 1. The third kappa shape index (κ3) is 3.37. The van der Waals surface area contributed by atoms with E-state index < -0.39 is 0 Å². The average Bonchev–Trinajstić information content (AvgIpc) is 3.28. The highest BCUT2D eigenvalue weighted by molar-refractivity contribution is 7.19. The minimum atomic E-state index is 1.03. The largest absolute Gasteiger partial charge is 0.355 e. The zero-order valence-corrected chi connectivity index (χ0v) is 16.6. The van der Waals surface area contributed by atoms with Crippen LogP contribution in [-0.4, -0.2) is 9.97 Å². The predicted molar refractivity (Wildman–Crippen MR) is 116 cm³/mol. The minimum absolute atomic E-state index is 1.03. The van der Waals surface area contributed by atoms with E-state index in [0.717, 1.165) is 41.0 Å². The number of allylic oxidation sites excluding steroid dienone is 2. The summed E-state index contributed by atoms with van der Waals surface area (Å²) in [7, 11) is 0. The molecule has 0 atom stereocenters. The molecule has 26 heavy (non-hydrogen) atoms. The minimum Gasteiger partial charge on any atom is -0.355 e. The Labute approximate surface area is 161 Å². The molecule has 1 aromatic carbocycles. The number of nitrogens with zero attached hydrogens (tertiary/aromatic N) is 2. The molecule has 0 aliphatic carbocycles. The van der Waals surface area contributed by atoms with Gasteiger partial charge >= 0.3 is 0 Å². The van der Waals surface area contributed by atoms with E-state index in [1.165, 1.54) is 20.5 Å². The van der Waals surface area contributed by atoms with Crippen molar-refractivity contribution in [3.8, 4) is 0 Å². The van der Waals surface area contributed by atoms with Gasteiger partial charge < -0.3 is 5.32 Å². The van der Waals surface area contributed by atoms with Gasteiger partial charge in [0.1, 0.15) is 4.83 Å². The van der Waals surface area contributed by atoms with Gasteiger partial charge in [0.2, 0.25) is 0 Å². The predicted octanol–water partition coefficient (Wildman–Crippen LogP) is 7.24. The molecule has 0 spiro atoms. The molecule has 0 aliphatic heterocycles. The molecule has 3 nitrogen and oxygen atoms in total. The Morgan fingerprint density at radius 1 is 1.15 bits per heavy atom. The van der Waals surface area contributed by atoms with Gasteiger partial charge in [0.05, 0.1) is 21.4 Å². The van der Waals surface area contributed by atoms with Crippen LogP contribution in [0.1, 0.15) is 38.0 Å². The number of hydrogen-bond acceptors (Lipinski definition) is 5. The van der Waals surface area contributed by atoms with Crippen LogP contribution >= 0.6 is 22.7 Å². The van der Waals surface area contributed by atoms with Gasteiger partial charge in [0.25, 0.3) is 0 Å². The summed E-state index contributed by atoms with van der Waals surface area (Å²) in [5.41, 5.74) is 6.51. The molecule has 0 aliphatic rings. The van der Waals surface area contributed by atoms with Crippen LogP contribution in [0.3, 0.4) is 0 Å². The van der Waals surface area contributed by atoms with Gasteiger partial charge in [-0.2, -0.15) is 0 Å². The van der Waals surface area contributed by atoms with Crippen molar-refractivity contribution in [2.45, 2.75) is 33.1 Å². The Balaban J connectivity index is 1.72. The van der Waals surface area contributed by atoms with Crippen LogP contribution in [-0.2, 0) is 0 Å². The summed E-state index contributed by atoms with van der Waals surface area (Å²) in [6.07, 6.45) is 7.57. The number of hydrogen-bond donors (Lipinski definition) is 1. The summed E-state index contributed by atoms with van der Waals surface area (Å²) in [6, 6.07) is 10.7. The zero-order chi connectivity index (χ0) is 17.9. The lowest BCUT2D eigenvalue weighted by Crippen LogP contribution is -1.91. The van der Waals surface area contributed by atoms with Crippen molar-refractivity contribution in [2.75, 3.05) is 5.32 Å². The first-order chi connectivity index (χ1) is 12.8. The summed E-state index contributed by atoms with van der Waals surface area (Å²) < 4.78 is 1.21. The van der Waals surface area contributed by atoms with Crippen molar-refractivity contribution < 1.29 is 0 Å². The molecular formula is C21H21N3S2. The van der Waals surface area contributed by atoms with Crippen molar-refractivity contribution in [3.63, 3.8) is 0 Å². The van der Waals surface area contributed by atoms with E-state index in [1.54, 1.807) is 22.7 Å². The smallest absolute Gasteiger partial charge is 0.125 e. The van der Waals surface area contributed by atoms with Crippen molar-refractivity contribution in [2.24, 2.45) is 0 Å². The Bertz CT molecular complexity index is 1080. The fourth-order valence-corrected chi connectivity index (χ4v) is 4.89. The van der Waals surface area contributed by atoms with Gasteiger partial charge in [-0.05, 0) is 48.7 Å². The Morgan fingerprint density at radius 2 is 2.08 bits per heavy atom. The highest BCUT2D eigenvalue weighted by Crippen LogP contribution is 2.36. The molecule has 4 rings (SSSR count). The van der Waals surface area contributed by atoms with Crippen LogP contribution in [0, 0.1) is 0 Å². The van der Waals surface area contributed by atoms with Gasteiger partial charge in [0, 0.05) is 22.1 Å². The molecule has 4 aromatic rings. The van der Waals surface area contributed by atoms with Gasteiger partial charge in [-0.3, -0.25) is 0 Å². The second-order valence-electron chi connectivity index (χ2n) is 6.24. The maximum Gasteiger partial charge on any atom is 0.125 e. The lowest BCUT2D eigenvalue weighted by atomic mass is 10.1. The first-order valence-electron chi connectivity index (χ1n) is 8.96. The fraction of sp³-hybridized carbons (Fsp3) is 0.238. The molecule has 0 saturated heterocycles. The summed E-state index contributed by atoms with van der Waals surface area (Å²) >= 11 is 3.45. The Hall–Kier alpha value is -2.24. The van der Waals surface area contributed by atoms with Crippen LogP contribution < -0.4 is 5.32 Å². The van der Waals surface area contributed by atoms with Crippen molar-refractivity contribution in [3.05, 3.63) is 53.0 Å². The number of rotatable bonds is 6. The normalized spacial score (nSPS) is 12.2. The standard InChI is InChI=1S/C21H21N3S2/c1-3-5-14(6-4-2)20-12-16-17(9-10-22-21(16)26-20)24-15-7-8-19-18(11-15)23-13-25-19/h5,7-13H,3-4,6H2,1-2H3,(H,22,24)/b14-5+. The topological polar surface area (TPSA) is 37.8 Å². The SMILES string of the molecule is CC/C=C(\CCC)c1cc2c(Nc3ccc4scnc4c3)ccnc2s1. The molecule has 0 unspecified atom stereocenters. The molecule has 0 radical (unpaired) electrons. The molecule has 3 aromatic heterocycles. The van der Waals surface area contributed by atoms with Crippen molar-refractivity contribution in [1.82, 2.24) is 9.97 Å². The lowest BCUT2D eigenvalue weighted by Gasteiger charge is -2.07. The Morgan fingerprint density at radius 3 is 2.92 bits per heavy atom. The van der Waals surface area contributed by atoms with E-state index in [2.05, 4.69) is 59.5 Å². The first-order valence-corrected chi connectivity index (χ1v) is 10.7. The first kappa shape index (κ1) is 17.2. The van der Waals surface area contributed by atoms with E-state index in [4.69, 9.17) is 0 Å². The number of thiazole rings is 1. The molecule has 3 heterocycles. The summed E-state index contributed by atoms with van der Waals surface area (Å²) in [4.78, 5) is 11.4. The fourth-order valence-electron chi connectivity index (χ4n) is 3.14. The third-order valence-corrected chi connectivity index (χ3v) is 6.26. The van der Waals surface area contributed by atoms with E-state index in [9.17, 15) is 0 Å². The monoisotopic (exact) mass is 379 g/mol. The van der Waals surface area contributed by atoms with Crippen LogP contribution in [0.4, 0.5) is 11.4 Å². The molecule has 5 heteroatoms. The molecule has 0 fully saturated rings. The van der Waals surface area contributed by atoms with Gasteiger partial charge in [-0.15, -0.1) is 22.7 Å². The zero-order valence-electron chi connectivity index (χ0n) is 15.0.